The number of anilines is 1. The van der Waals surface area contributed by atoms with Gasteiger partial charge in [0, 0.05) is 30.9 Å². The highest BCUT2D eigenvalue weighted by Gasteiger charge is 2.26. The lowest BCUT2D eigenvalue weighted by molar-refractivity contribution is -0.120. The molecule has 0 bridgehead atoms. The fourth-order valence-electron chi connectivity index (χ4n) is 3.10. The Labute approximate surface area is 144 Å². The Morgan fingerprint density at radius 1 is 1.25 bits per heavy atom. The molecule has 7 heteroatoms. The van der Waals surface area contributed by atoms with Crippen LogP contribution in [0.2, 0.25) is 0 Å². The van der Waals surface area contributed by atoms with Gasteiger partial charge in [0.15, 0.2) is 0 Å². The van der Waals surface area contributed by atoms with Crippen molar-refractivity contribution in [2.75, 3.05) is 30.8 Å². The lowest BCUT2D eigenvalue weighted by Gasteiger charge is -2.34. The second-order valence-corrected chi connectivity index (χ2v) is 8.41. The summed E-state index contributed by atoms with van der Waals surface area (Å²) in [4.78, 5) is 16.7. The topological polar surface area (TPSA) is 69.7 Å². The number of likely N-dealkylation sites (tertiary alicyclic amines) is 1. The molecule has 1 fully saturated rings. The zero-order valence-electron chi connectivity index (χ0n) is 14.6. The molecule has 0 unspecified atom stereocenters. The van der Waals surface area contributed by atoms with Crippen LogP contribution in [0.1, 0.15) is 26.7 Å². The molecule has 0 atom stereocenters. The Balaban J connectivity index is 1.92. The molecule has 1 N–H and O–H groups in total. The number of hydrogen-bond donors (Lipinski definition) is 1. The third-order valence-corrected chi connectivity index (χ3v) is 4.91. The number of rotatable bonds is 6. The molecular formula is C17H27N3O3S. The summed E-state index contributed by atoms with van der Waals surface area (Å²) in [5, 5.41) is 0. The maximum atomic E-state index is 12.7. The van der Waals surface area contributed by atoms with Crippen LogP contribution < -0.4 is 9.62 Å². The molecular weight excluding hydrogens is 326 g/mol. The van der Waals surface area contributed by atoms with Gasteiger partial charge in [-0.1, -0.05) is 18.2 Å². The molecule has 1 aliphatic heterocycles. The largest absolute Gasteiger partial charge is 0.309 e. The molecule has 0 aliphatic carbocycles. The number of sulfonamides is 1. The molecule has 1 amide bonds. The maximum Gasteiger partial charge on any atom is 0.241 e. The first-order valence-corrected chi connectivity index (χ1v) is 10.2. The van der Waals surface area contributed by atoms with Crippen molar-refractivity contribution < 1.29 is 13.2 Å². The summed E-state index contributed by atoms with van der Waals surface area (Å²) in [5.74, 6) is 0.0747. The highest BCUT2D eigenvalue weighted by molar-refractivity contribution is 7.88. The van der Waals surface area contributed by atoms with Gasteiger partial charge in [0.1, 0.15) is 0 Å². The van der Waals surface area contributed by atoms with Crippen LogP contribution in [0.5, 0.6) is 0 Å². The van der Waals surface area contributed by atoms with E-state index in [9.17, 15) is 13.2 Å². The van der Waals surface area contributed by atoms with Gasteiger partial charge in [0.2, 0.25) is 15.9 Å². The van der Waals surface area contributed by atoms with E-state index in [0.29, 0.717) is 6.54 Å². The summed E-state index contributed by atoms with van der Waals surface area (Å²) in [5.41, 5.74) is 0.908. The van der Waals surface area contributed by atoms with Crippen molar-refractivity contribution in [1.29, 1.82) is 0 Å². The third kappa shape index (κ3) is 5.58. The quantitative estimate of drug-likeness (QED) is 0.840. The molecule has 134 valence electrons. The van der Waals surface area contributed by atoms with E-state index >= 15 is 0 Å². The first kappa shape index (κ1) is 18.9. The molecule has 1 heterocycles. The summed E-state index contributed by atoms with van der Waals surface area (Å²) in [6, 6.07) is 9.75. The molecule has 0 spiro atoms. The van der Waals surface area contributed by atoms with Gasteiger partial charge >= 0.3 is 0 Å². The Morgan fingerprint density at radius 2 is 1.83 bits per heavy atom. The number of amides is 1. The van der Waals surface area contributed by atoms with E-state index in [1.807, 2.05) is 49.1 Å². The number of para-hydroxylation sites is 1. The standard InChI is InChI=1S/C17H27N3O3S/c1-14(2)20(16-7-5-4-6-8-16)17(21)13-19-11-9-15(10-12-19)18-24(3,22)23/h4-8,14-15,18H,9-13H2,1-3H3. The van der Waals surface area contributed by atoms with E-state index in [-0.39, 0.29) is 18.0 Å². The van der Waals surface area contributed by atoms with Crippen molar-refractivity contribution in [3.8, 4) is 0 Å². The van der Waals surface area contributed by atoms with E-state index in [0.717, 1.165) is 31.6 Å². The second-order valence-electron chi connectivity index (χ2n) is 6.63. The van der Waals surface area contributed by atoms with Crippen molar-refractivity contribution in [2.45, 2.75) is 38.8 Å². The van der Waals surface area contributed by atoms with E-state index in [1.165, 1.54) is 6.26 Å². The zero-order valence-corrected chi connectivity index (χ0v) is 15.4. The summed E-state index contributed by atoms with van der Waals surface area (Å²) < 4.78 is 25.2. The smallest absolute Gasteiger partial charge is 0.241 e. The van der Waals surface area contributed by atoms with Crippen LogP contribution in [0.15, 0.2) is 30.3 Å². The van der Waals surface area contributed by atoms with Gasteiger partial charge in [-0.2, -0.15) is 0 Å². The van der Waals surface area contributed by atoms with E-state index in [2.05, 4.69) is 9.62 Å². The van der Waals surface area contributed by atoms with Crippen LogP contribution in [-0.4, -0.2) is 57.2 Å². The molecule has 0 saturated carbocycles. The minimum Gasteiger partial charge on any atom is -0.309 e. The number of benzene rings is 1. The number of piperidine rings is 1. The Bertz CT molecular complexity index is 638. The molecule has 1 aromatic carbocycles. The fraction of sp³-hybridized carbons (Fsp3) is 0.588. The van der Waals surface area contributed by atoms with Crippen LogP contribution >= 0.6 is 0 Å². The number of hydrogen-bond acceptors (Lipinski definition) is 4. The molecule has 6 nitrogen and oxygen atoms in total. The van der Waals surface area contributed by atoms with Crippen LogP contribution in [0.4, 0.5) is 5.69 Å². The molecule has 0 radical (unpaired) electrons. The van der Waals surface area contributed by atoms with Crippen molar-refractivity contribution in [2.24, 2.45) is 0 Å². The summed E-state index contributed by atoms with van der Waals surface area (Å²) >= 11 is 0. The van der Waals surface area contributed by atoms with Gasteiger partial charge in [0.05, 0.1) is 12.8 Å². The van der Waals surface area contributed by atoms with Gasteiger partial charge in [-0.25, -0.2) is 13.1 Å². The van der Waals surface area contributed by atoms with Crippen molar-refractivity contribution >= 4 is 21.6 Å². The zero-order chi connectivity index (χ0) is 17.7. The van der Waals surface area contributed by atoms with E-state index < -0.39 is 10.0 Å². The monoisotopic (exact) mass is 353 g/mol. The Morgan fingerprint density at radius 3 is 2.33 bits per heavy atom. The predicted octanol–water partition coefficient (Wildman–Crippen LogP) is 1.44. The van der Waals surface area contributed by atoms with Crippen molar-refractivity contribution in [1.82, 2.24) is 9.62 Å². The minimum atomic E-state index is -3.17. The van der Waals surface area contributed by atoms with Gasteiger partial charge in [-0.15, -0.1) is 0 Å². The highest BCUT2D eigenvalue weighted by Crippen LogP contribution is 2.18. The van der Waals surface area contributed by atoms with Gasteiger partial charge in [0.25, 0.3) is 0 Å². The Hall–Kier alpha value is -1.44. The predicted molar refractivity (Wildman–Crippen MR) is 96.5 cm³/mol. The molecule has 0 aromatic heterocycles. The van der Waals surface area contributed by atoms with Gasteiger partial charge < -0.3 is 4.90 Å². The number of carbonyl (C=O) groups excluding carboxylic acids is 1. The van der Waals surface area contributed by atoms with E-state index in [1.54, 1.807) is 0 Å². The summed E-state index contributed by atoms with van der Waals surface area (Å²) in [6.45, 7) is 5.82. The summed E-state index contributed by atoms with van der Waals surface area (Å²) in [7, 11) is -3.17. The number of nitrogens with one attached hydrogen (secondary N) is 1. The Kier molecular flexibility index (Phi) is 6.37. The van der Waals surface area contributed by atoms with E-state index in [4.69, 9.17) is 0 Å². The highest BCUT2D eigenvalue weighted by atomic mass is 32.2. The fourth-order valence-corrected chi connectivity index (χ4v) is 3.94. The molecule has 24 heavy (non-hydrogen) atoms. The molecule has 1 aliphatic rings. The first-order chi connectivity index (χ1) is 11.3. The van der Waals surface area contributed by atoms with Crippen molar-refractivity contribution in [3.05, 3.63) is 30.3 Å². The average molecular weight is 353 g/mol. The van der Waals surface area contributed by atoms with Crippen molar-refractivity contribution in [3.63, 3.8) is 0 Å². The minimum absolute atomic E-state index is 0.0262. The second kappa shape index (κ2) is 8.09. The van der Waals surface area contributed by atoms with Gasteiger partial charge in [-0.3, -0.25) is 9.69 Å². The number of nitrogens with zero attached hydrogens (tertiary/aromatic N) is 2. The van der Waals surface area contributed by atoms with Crippen LogP contribution in [0.3, 0.4) is 0 Å². The third-order valence-electron chi connectivity index (χ3n) is 4.15. The normalized spacial score (nSPS) is 17.2. The molecule has 1 aromatic rings. The lowest BCUT2D eigenvalue weighted by Crippen LogP contribution is -2.49. The average Bonchev–Trinajstić information content (AvgIpc) is 2.48. The van der Waals surface area contributed by atoms with Crippen LogP contribution in [0.25, 0.3) is 0 Å². The summed E-state index contributed by atoms with van der Waals surface area (Å²) in [6.07, 6.45) is 2.64. The molecule has 1 saturated heterocycles. The SMILES string of the molecule is CC(C)N(C(=O)CN1CCC(NS(C)(=O)=O)CC1)c1ccccc1. The maximum absolute atomic E-state index is 12.7. The van der Waals surface area contributed by atoms with Gasteiger partial charge in [-0.05, 0) is 38.8 Å². The van der Waals surface area contributed by atoms with Crippen LogP contribution in [0, 0.1) is 0 Å². The first-order valence-electron chi connectivity index (χ1n) is 8.33. The molecule has 2 rings (SSSR count). The van der Waals surface area contributed by atoms with Crippen LogP contribution in [-0.2, 0) is 14.8 Å². The number of carbonyl (C=O) groups is 1. The lowest BCUT2D eigenvalue weighted by atomic mass is 10.1.